The molecule has 4 nitrogen and oxygen atoms in total. The van der Waals surface area contributed by atoms with Crippen LogP contribution in [0.3, 0.4) is 0 Å². The minimum Gasteiger partial charge on any atom is -0.491 e. The maximum atomic E-state index is 10.8. The molecule has 116 valence electrons. The largest absolute Gasteiger partial charge is 0.491 e. The molecule has 0 radical (unpaired) electrons. The molecule has 0 aromatic heterocycles. The Bertz CT molecular complexity index is 510. The van der Waals surface area contributed by atoms with Crippen molar-refractivity contribution in [2.45, 2.75) is 32.9 Å². The third-order valence-electron chi connectivity index (χ3n) is 4.89. The van der Waals surface area contributed by atoms with Gasteiger partial charge in [-0.2, -0.15) is 0 Å². The van der Waals surface area contributed by atoms with Crippen molar-refractivity contribution in [3.63, 3.8) is 0 Å². The summed E-state index contributed by atoms with van der Waals surface area (Å²) in [7, 11) is 0. The van der Waals surface area contributed by atoms with E-state index in [9.17, 15) is 5.11 Å². The van der Waals surface area contributed by atoms with Crippen LogP contribution in [0.15, 0.2) is 12.1 Å². The van der Waals surface area contributed by atoms with Gasteiger partial charge < -0.3 is 14.7 Å². The van der Waals surface area contributed by atoms with E-state index in [4.69, 9.17) is 4.74 Å². The molecule has 1 fully saturated rings. The lowest BCUT2D eigenvalue weighted by molar-refractivity contribution is -0.0168. The second kappa shape index (κ2) is 5.95. The van der Waals surface area contributed by atoms with Gasteiger partial charge in [0.25, 0.3) is 0 Å². The number of benzene rings is 1. The number of aliphatic hydroxyl groups is 1. The zero-order valence-electron chi connectivity index (χ0n) is 13.3. The monoisotopic (exact) mass is 290 g/mol. The van der Waals surface area contributed by atoms with Crippen LogP contribution in [0.2, 0.25) is 0 Å². The van der Waals surface area contributed by atoms with Gasteiger partial charge in [-0.15, -0.1) is 0 Å². The molecule has 4 heteroatoms. The van der Waals surface area contributed by atoms with Gasteiger partial charge >= 0.3 is 0 Å². The lowest BCUT2D eigenvalue weighted by atomic mass is 9.92. The van der Waals surface area contributed by atoms with Crippen LogP contribution in [0, 0.1) is 13.8 Å². The maximum Gasteiger partial charge on any atom is 0.125 e. The fraction of sp³-hybridized carbons (Fsp3) is 0.647. The van der Waals surface area contributed by atoms with E-state index < -0.39 is 6.10 Å². The minimum absolute atomic E-state index is 0.0814. The number of hydrogen-bond donors (Lipinski definition) is 1. The lowest BCUT2D eigenvalue weighted by Gasteiger charge is -2.43. The van der Waals surface area contributed by atoms with Gasteiger partial charge in [0.2, 0.25) is 0 Å². The Hall–Kier alpha value is -1.10. The highest BCUT2D eigenvalue weighted by Gasteiger charge is 2.36. The van der Waals surface area contributed by atoms with E-state index in [-0.39, 0.29) is 6.04 Å². The number of rotatable bonds is 2. The van der Waals surface area contributed by atoms with E-state index in [1.54, 1.807) is 0 Å². The van der Waals surface area contributed by atoms with Gasteiger partial charge in [-0.25, -0.2) is 0 Å². The molecule has 1 aromatic carbocycles. The van der Waals surface area contributed by atoms with Crippen LogP contribution in [0.1, 0.15) is 29.7 Å². The number of aryl methyl sites for hydroxylation is 2. The van der Waals surface area contributed by atoms with Crippen molar-refractivity contribution in [2.75, 3.05) is 39.3 Å². The Morgan fingerprint density at radius 2 is 1.90 bits per heavy atom. The first-order chi connectivity index (χ1) is 10.1. The molecule has 2 heterocycles. The SMILES string of the molecule is CCN1CCN(C2COc3cc(C)cc(C)c3C2O)CC1. The highest BCUT2D eigenvalue weighted by atomic mass is 16.5. The van der Waals surface area contributed by atoms with Gasteiger partial charge in [0.05, 0.1) is 6.04 Å². The first-order valence-electron chi connectivity index (χ1n) is 7.98. The zero-order valence-corrected chi connectivity index (χ0v) is 13.3. The van der Waals surface area contributed by atoms with E-state index in [0.29, 0.717) is 6.61 Å². The third-order valence-corrected chi connectivity index (χ3v) is 4.89. The predicted octanol–water partition coefficient (Wildman–Crippen LogP) is 1.74. The molecular weight excluding hydrogens is 264 g/mol. The fourth-order valence-electron chi connectivity index (χ4n) is 3.61. The van der Waals surface area contributed by atoms with Crippen LogP contribution in [-0.2, 0) is 0 Å². The van der Waals surface area contributed by atoms with Crippen molar-refractivity contribution in [3.8, 4) is 5.75 Å². The molecule has 2 aliphatic heterocycles. The van der Waals surface area contributed by atoms with Crippen molar-refractivity contribution < 1.29 is 9.84 Å². The molecule has 2 atom stereocenters. The maximum absolute atomic E-state index is 10.8. The number of fused-ring (bicyclic) bond motifs is 1. The molecule has 0 spiro atoms. The molecule has 21 heavy (non-hydrogen) atoms. The van der Waals surface area contributed by atoms with Gasteiger partial charge in [-0.3, -0.25) is 4.90 Å². The Kier molecular flexibility index (Phi) is 4.20. The third kappa shape index (κ3) is 2.80. The number of aliphatic hydroxyl groups excluding tert-OH is 1. The van der Waals surface area contributed by atoms with Crippen molar-refractivity contribution in [2.24, 2.45) is 0 Å². The number of hydrogen-bond acceptors (Lipinski definition) is 4. The summed E-state index contributed by atoms with van der Waals surface area (Å²) in [5, 5.41) is 10.8. The number of piperazine rings is 1. The van der Waals surface area contributed by atoms with Gasteiger partial charge in [-0.05, 0) is 37.6 Å². The second-order valence-corrected chi connectivity index (χ2v) is 6.29. The van der Waals surface area contributed by atoms with Crippen LogP contribution in [0.4, 0.5) is 0 Å². The summed E-state index contributed by atoms with van der Waals surface area (Å²) in [6, 6.07) is 4.25. The fourth-order valence-corrected chi connectivity index (χ4v) is 3.61. The quantitative estimate of drug-likeness (QED) is 0.900. The van der Waals surface area contributed by atoms with E-state index >= 15 is 0 Å². The van der Waals surface area contributed by atoms with Gasteiger partial charge in [0.1, 0.15) is 18.5 Å². The molecule has 3 rings (SSSR count). The van der Waals surface area contributed by atoms with E-state index in [1.807, 2.05) is 6.07 Å². The molecule has 1 N–H and O–H groups in total. The number of likely N-dealkylation sites (N-methyl/N-ethyl adjacent to an activating group) is 1. The average Bonchev–Trinajstić information content (AvgIpc) is 2.47. The van der Waals surface area contributed by atoms with Gasteiger partial charge in [-0.1, -0.05) is 13.0 Å². The van der Waals surface area contributed by atoms with Crippen molar-refractivity contribution in [1.29, 1.82) is 0 Å². The highest BCUT2D eigenvalue weighted by molar-refractivity contribution is 5.46. The molecule has 1 aromatic rings. The Morgan fingerprint density at radius 3 is 2.57 bits per heavy atom. The van der Waals surface area contributed by atoms with E-state index in [2.05, 4.69) is 36.6 Å². The summed E-state index contributed by atoms with van der Waals surface area (Å²) in [6.07, 6.45) is -0.442. The van der Waals surface area contributed by atoms with Crippen LogP contribution in [0.25, 0.3) is 0 Å². The molecule has 0 bridgehead atoms. The molecular formula is C17H26N2O2. The summed E-state index contributed by atoms with van der Waals surface area (Å²) < 4.78 is 5.96. The van der Waals surface area contributed by atoms with E-state index in [0.717, 1.165) is 49.6 Å². The van der Waals surface area contributed by atoms with Crippen LogP contribution >= 0.6 is 0 Å². The summed E-state index contributed by atoms with van der Waals surface area (Å²) in [5.41, 5.74) is 3.30. The first kappa shape index (κ1) is 14.8. The standard InChI is InChI=1S/C17H26N2O2/c1-4-18-5-7-19(8-6-18)14-11-21-15-10-12(2)9-13(3)16(15)17(14)20/h9-10,14,17,20H,4-8,11H2,1-3H3. The molecule has 1 saturated heterocycles. The van der Waals surface area contributed by atoms with Crippen LogP contribution in [-0.4, -0.2) is 60.3 Å². The Morgan fingerprint density at radius 1 is 1.19 bits per heavy atom. The normalized spacial score (nSPS) is 27.2. The molecule has 0 aliphatic carbocycles. The van der Waals surface area contributed by atoms with E-state index in [1.165, 1.54) is 5.56 Å². The first-order valence-corrected chi connectivity index (χ1v) is 7.98. The zero-order chi connectivity index (χ0) is 15.0. The summed E-state index contributed by atoms with van der Waals surface area (Å²) >= 11 is 0. The predicted molar refractivity (Wildman–Crippen MR) is 83.8 cm³/mol. The van der Waals surface area contributed by atoms with Crippen molar-refractivity contribution in [1.82, 2.24) is 9.80 Å². The van der Waals surface area contributed by atoms with Gasteiger partial charge in [0.15, 0.2) is 0 Å². The summed E-state index contributed by atoms with van der Waals surface area (Å²) in [4.78, 5) is 4.84. The molecule has 0 amide bonds. The summed E-state index contributed by atoms with van der Waals surface area (Å²) in [6.45, 7) is 12.2. The average molecular weight is 290 g/mol. The van der Waals surface area contributed by atoms with Crippen molar-refractivity contribution >= 4 is 0 Å². The van der Waals surface area contributed by atoms with Crippen LogP contribution < -0.4 is 4.74 Å². The lowest BCUT2D eigenvalue weighted by Crippen LogP contribution is -2.54. The smallest absolute Gasteiger partial charge is 0.125 e. The minimum atomic E-state index is -0.442. The second-order valence-electron chi connectivity index (χ2n) is 6.29. The molecule has 2 aliphatic rings. The van der Waals surface area contributed by atoms with Gasteiger partial charge in [0, 0.05) is 31.7 Å². The number of nitrogens with zero attached hydrogens (tertiary/aromatic N) is 2. The number of ether oxygens (including phenoxy) is 1. The Balaban J connectivity index is 1.78. The highest BCUT2D eigenvalue weighted by Crippen LogP contribution is 2.37. The Labute approximate surface area is 127 Å². The summed E-state index contributed by atoms with van der Waals surface area (Å²) in [5.74, 6) is 0.864. The van der Waals surface area contributed by atoms with Crippen LogP contribution in [0.5, 0.6) is 5.75 Å². The van der Waals surface area contributed by atoms with Crippen molar-refractivity contribution in [3.05, 3.63) is 28.8 Å². The molecule has 2 unspecified atom stereocenters. The molecule has 0 saturated carbocycles. The topological polar surface area (TPSA) is 35.9 Å².